The maximum atomic E-state index is 13.9. The molecule has 0 atom stereocenters. The van der Waals surface area contributed by atoms with Gasteiger partial charge in [-0.05, 0) is 36.6 Å². The van der Waals surface area contributed by atoms with Crippen molar-refractivity contribution < 1.29 is 8.96 Å². The fraction of sp³-hybridized carbons (Fsp3) is 0.286. The number of rotatable bonds is 3. The van der Waals surface area contributed by atoms with Gasteiger partial charge in [-0.25, -0.2) is 13.9 Å². The van der Waals surface area contributed by atoms with Crippen molar-refractivity contribution in [1.29, 1.82) is 0 Å². The zero-order chi connectivity index (χ0) is 19.0. The van der Waals surface area contributed by atoms with Crippen LogP contribution in [0.4, 0.5) is 16.0 Å². The molecule has 0 saturated carbocycles. The van der Waals surface area contributed by atoms with Crippen LogP contribution in [0.15, 0.2) is 42.9 Å². The van der Waals surface area contributed by atoms with Crippen LogP contribution in [0, 0.1) is 12.7 Å². The average molecular weight is 364 g/mol. The predicted octanol–water partition coefficient (Wildman–Crippen LogP) is 2.91. The number of nitrogen functional groups attached to an aromatic ring is 1. The number of pyridine rings is 1. The molecule has 0 radical (unpaired) electrons. The monoisotopic (exact) mass is 364 g/mol. The first-order valence-corrected chi connectivity index (χ1v) is 9.21. The largest absolute Gasteiger partial charge is 0.351 e. The number of nitrogens with two attached hydrogens (primary N) is 1. The third-order valence-corrected chi connectivity index (χ3v) is 5.12. The maximum Gasteiger partial charge on any atom is 0.232 e. The Bertz CT molecular complexity index is 985. The number of aryl methyl sites for hydroxylation is 2. The summed E-state index contributed by atoms with van der Waals surface area (Å²) >= 11 is 0. The second kappa shape index (κ2) is 6.95. The van der Waals surface area contributed by atoms with Gasteiger partial charge in [-0.1, -0.05) is 19.1 Å². The quantitative estimate of drug-likeness (QED) is 0.726. The van der Waals surface area contributed by atoms with Crippen LogP contribution in [-0.4, -0.2) is 16.5 Å². The van der Waals surface area contributed by atoms with Crippen molar-refractivity contribution in [2.24, 2.45) is 0 Å². The van der Waals surface area contributed by atoms with Crippen LogP contribution in [-0.2, 0) is 19.4 Å². The van der Waals surface area contributed by atoms with Gasteiger partial charge in [0.1, 0.15) is 23.0 Å². The highest BCUT2D eigenvalue weighted by atomic mass is 19.1. The van der Waals surface area contributed by atoms with Crippen LogP contribution in [0.3, 0.4) is 0 Å². The average Bonchev–Trinajstić information content (AvgIpc) is 2.69. The van der Waals surface area contributed by atoms with E-state index in [0.717, 1.165) is 53.3 Å². The first-order valence-electron chi connectivity index (χ1n) is 9.21. The SMILES string of the molecule is CCc1ccc(F)cc1-[n+]1cnc2c(c1N)CN(c1ccc(C)cn1)CC2. The van der Waals surface area contributed by atoms with Crippen LogP contribution < -0.4 is 15.2 Å². The Kier molecular flexibility index (Phi) is 4.48. The molecule has 3 aromatic rings. The van der Waals surface area contributed by atoms with Crippen molar-refractivity contribution in [3.05, 3.63) is 71.1 Å². The van der Waals surface area contributed by atoms with E-state index in [4.69, 9.17) is 5.73 Å². The zero-order valence-electron chi connectivity index (χ0n) is 15.6. The molecule has 0 fully saturated rings. The fourth-order valence-corrected chi connectivity index (χ4v) is 3.55. The first kappa shape index (κ1) is 17.4. The molecule has 1 aliphatic rings. The van der Waals surface area contributed by atoms with Gasteiger partial charge in [-0.15, -0.1) is 4.98 Å². The number of hydrogen-bond acceptors (Lipinski definition) is 4. The molecular weight excluding hydrogens is 341 g/mol. The first-order chi connectivity index (χ1) is 13.1. The summed E-state index contributed by atoms with van der Waals surface area (Å²) < 4.78 is 15.7. The number of aromatic nitrogens is 3. The van der Waals surface area contributed by atoms with Gasteiger partial charge in [0, 0.05) is 25.2 Å². The minimum Gasteiger partial charge on any atom is -0.351 e. The van der Waals surface area contributed by atoms with Crippen LogP contribution in [0.2, 0.25) is 0 Å². The fourth-order valence-electron chi connectivity index (χ4n) is 3.55. The van der Waals surface area contributed by atoms with Gasteiger partial charge < -0.3 is 10.6 Å². The molecule has 0 spiro atoms. The molecule has 3 heterocycles. The topological polar surface area (TPSA) is 58.9 Å². The molecule has 4 rings (SSSR count). The van der Waals surface area contributed by atoms with Crippen molar-refractivity contribution in [3.63, 3.8) is 0 Å². The van der Waals surface area contributed by atoms with E-state index >= 15 is 0 Å². The summed E-state index contributed by atoms with van der Waals surface area (Å²) in [5.41, 5.74) is 11.4. The Morgan fingerprint density at radius 3 is 2.81 bits per heavy atom. The van der Waals surface area contributed by atoms with Crippen LogP contribution in [0.5, 0.6) is 0 Å². The van der Waals surface area contributed by atoms with Crippen molar-refractivity contribution in [3.8, 4) is 5.69 Å². The van der Waals surface area contributed by atoms with Gasteiger partial charge in [0.2, 0.25) is 12.1 Å². The highest BCUT2D eigenvalue weighted by Crippen LogP contribution is 2.25. The summed E-state index contributed by atoms with van der Waals surface area (Å²) in [6.45, 7) is 5.56. The highest BCUT2D eigenvalue weighted by molar-refractivity contribution is 5.49. The summed E-state index contributed by atoms with van der Waals surface area (Å²) in [6.07, 6.45) is 5.18. The Morgan fingerprint density at radius 2 is 2.07 bits per heavy atom. The number of hydrogen-bond donors (Lipinski definition) is 1. The molecule has 0 aliphatic carbocycles. The van der Waals surface area contributed by atoms with E-state index < -0.39 is 0 Å². The predicted molar refractivity (Wildman–Crippen MR) is 103 cm³/mol. The number of anilines is 2. The molecular formula is C21H23FN5+. The van der Waals surface area contributed by atoms with Crippen molar-refractivity contribution in [1.82, 2.24) is 9.97 Å². The molecule has 1 aliphatic heterocycles. The Labute approximate surface area is 158 Å². The molecule has 6 heteroatoms. The van der Waals surface area contributed by atoms with E-state index in [1.54, 1.807) is 17.0 Å². The lowest BCUT2D eigenvalue weighted by Crippen LogP contribution is -2.41. The summed E-state index contributed by atoms with van der Waals surface area (Å²) in [5, 5.41) is 0. The molecule has 0 unspecified atom stereocenters. The van der Waals surface area contributed by atoms with Gasteiger partial charge >= 0.3 is 0 Å². The summed E-state index contributed by atoms with van der Waals surface area (Å²) in [5.74, 6) is 1.26. The Balaban J connectivity index is 1.75. The molecule has 2 aromatic heterocycles. The third kappa shape index (κ3) is 3.23. The van der Waals surface area contributed by atoms with Crippen molar-refractivity contribution >= 4 is 11.6 Å². The number of fused-ring (bicyclic) bond motifs is 1. The summed E-state index contributed by atoms with van der Waals surface area (Å²) in [4.78, 5) is 11.4. The minimum atomic E-state index is -0.280. The van der Waals surface area contributed by atoms with Gasteiger partial charge in [0.05, 0.1) is 12.1 Å². The summed E-state index contributed by atoms with van der Waals surface area (Å²) in [6, 6.07) is 8.90. The van der Waals surface area contributed by atoms with E-state index in [-0.39, 0.29) is 5.82 Å². The molecule has 5 nitrogen and oxygen atoms in total. The van der Waals surface area contributed by atoms with Crippen molar-refractivity contribution in [2.75, 3.05) is 17.2 Å². The number of nitrogens with zero attached hydrogens (tertiary/aromatic N) is 4. The second-order valence-electron chi connectivity index (χ2n) is 6.92. The minimum absolute atomic E-state index is 0.280. The standard InChI is InChI=1S/C21H22FN5/c1-3-15-5-6-16(22)10-19(15)27-13-25-18-8-9-26(12-17(18)21(27)23)20-7-4-14(2)11-24-20/h4-7,10-11,13,23H,3,8-9,12H2,1-2H3/p+1. The van der Waals surface area contributed by atoms with Crippen LogP contribution in [0.25, 0.3) is 5.69 Å². The van der Waals surface area contributed by atoms with Gasteiger partial charge in [0.25, 0.3) is 0 Å². The van der Waals surface area contributed by atoms with E-state index in [1.807, 2.05) is 26.1 Å². The molecule has 0 bridgehead atoms. The number of halogens is 1. The molecule has 1 aromatic carbocycles. The normalized spacial score (nSPS) is 13.5. The number of benzene rings is 1. The second-order valence-corrected chi connectivity index (χ2v) is 6.92. The van der Waals surface area contributed by atoms with Crippen molar-refractivity contribution in [2.45, 2.75) is 33.2 Å². The zero-order valence-corrected chi connectivity index (χ0v) is 15.6. The highest BCUT2D eigenvalue weighted by Gasteiger charge is 2.27. The van der Waals surface area contributed by atoms with Gasteiger partial charge in [-0.2, -0.15) is 0 Å². The smallest absolute Gasteiger partial charge is 0.232 e. The Morgan fingerprint density at radius 1 is 1.22 bits per heavy atom. The lowest BCUT2D eigenvalue weighted by molar-refractivity contribution is -0.584. The van der Waals surface area contributed by atoms with Crippen LogP contribution in [0.1, 0.15) is 29.3 Å². The lowest BCUT2D eigenvalue weighted by Gasteiger charge is -2.28. The molecule has 2 N–H and O–H groups in total. The van der Waals surface area contributed by atoms with E-state index in [0.29, 0.717) is 12.4 Å². The van der Waals surface area contributed by atoms with E-state index in [9.17, 15) is 4.39 Å². The Hall–Kier alpha value is -3.02. The molecule has 0 saturated heterocycles. The summed E-state index contributed by atoms with van der Waals surface area (Å²) in [7, 11) is 0. The van der Waals surface area contributed by atoms with E-state index in [1.165, 1.54) is 12.1 Å². The van der Waals surface area contributed by atoms with Gasteiger partial charge in [-0.3, -0.25) is 0 Å². The molecule has 27 heavy (non-hydrogen) atoms. The van der Waals surface area contributed by atoms with Crippen LogP contribution >= 0.6 is 0 Å². The van der Waals surface area contributed by atoms with Gasteiger partial charge in [0.15, 0.2) is 0 Å². The lowest BCUT2D eigenvalue weighted by atomic mass is 10.0. The maximum absolute atomic E-state index is 13.9. The molecule has 0 amide bonds. The van der Waals surface area contributed by atoms with E-state index in [2.05, 4.69) is 20.9 Å². The third-order valence-electron chi connectivity index (χ3n) is 5.12. The molecule has 138 valence electrons.